The summed E-state index contributed by atoms with van der Waals surface area (Å²) in [4.78, 5) is 9.83. The first kappa shape index (κ1) is 5.76. The van der Waals surface area contributed by atoms with Crippen LogP contribution in [0.2, 0.25) is 0 Å². The van der Waals surface area contributed by atoms with Gasteiger partial charge < -0.3 is 10.1 Å². The van der Waals surface area contributed by atoms with E-state index in [0.29, 0.717) is 0 Å². The van der Waals surface area contributed by atoms with E-state index in [9.17, 15) is 4.79 Å². The molecule has 0 aromatic heterocycles. The minimum Gasteiger partial charge on any atom is -0.316 e. The average molecular weight is 113 g/mol. The lowest BCUT2D eigenvalue weighted by Crippen LogP contribution is -2.41. The van der Waals surface area contributed by atoms with Crippen LogP contribution in [0.1, 0.15) is 12.8 Å². The molecular weight excluding hydrogens is 102 g/mol. The van der Waals surface area contributed by atoms with E-state index in [-0.39, 0.29) is 0 Å². The van der Waals surface area contributed by atoms with Crippen LogP contribution in [-0.2, 0) is 4.79 Å². The van der Waals surface area contributed by atoms with Gasteiger partial charge in [0.05, 0.1) is 0 Å². The smallest absolute Gasteiger partial charge is 0.120 e. The van der Waals surface area contributed by atoms with Crippen LogP contribution in [0.25, 0.3) is 0 Å². The molecule has 1 N–H and O–H groups in total. The van der Waals surface area contributed by atoms with E-state index < -0.39 is 0 Å². The molecule has 0 aromatic carbocycles. The number of rotatable bonds is 3. The highest BCUT2D eigenvalue weighted by Gasteiger charge is 2.14. The topological polar surface area (TPSA) is 29.1 Å². The third-order valence-corrected chi connectivity index (χ3v) is 1.56. The zero-order valence-electron chi connectivity index (χ0n) is 4.89. The molecule has 0 radical (unpaired) electrons. The molecule has 0 atom stereocenters. The largest absolute Gasteiger partial charge is 0.316 e. The Bertz CT molecular complexity index is 78.6. The summed E-state index contributed by atoms with van der Waals surface area (Å²) < 4.78 is 0. The van der Waals surface area contributed by atoms with Crippen molar-refractivity contribution in [1.82, 2.24) is 5.32 Å². The lowest BCUT2D eigenvalue weighted by molar-refractivity contribution is -0.108. The van der Waals surface area contributed by atoms with Crippen LogP contribution >= 0.6 is 0 Å². The normalized spacial score (nSPS) is 20.0. The van der Waals surface area contributed by atoms with E-state index in [4.69, 9.17) is 0 Å². The van der Waals surface area contributed by atoms with Crippen LogP contribution in [0.5, 0.6) is 0 Å². The summed E-state index contributed by atoms with van der Waals surface area (Å²) in [5.41, 5.74) is 0. The SMILES string of the molecule is O=CCCC1CNC1. The lowest BCUT2D eigenvalue weighted by Gasteiger charge is -2.25. The van der Waals surface area contributed by atoms with Gasteiger partial charge in [0.2, 0.25) is 0 Å². The Morgan fingerprint density at radius 1 is 1.62 bits per heavy atom. The Morgan fingerprint density at radius 2 is 2.38 bits per heavy atom. The molecule has 0 amide bonds. The maximum atomic E-state index is 9.83. The van der Waals surface area contributed by atoms with Crippen molar-refractivity contribution in [1.29, 1.82) is 0 Å². The van der Waals surface area contributed by atoms with E-state index in [1.54, 1.807) is 0 Å². The third-order valence-electron chi connectivity index (χ3n) is 1.56. The van der Waals surface area contributed by atoms with Gasteiger partial charge in [0.25, 0.3) is 0 Å². The van der Waals surface area contributed by atoms with Crippen molar-refractivity contribution in [2.24, 2.45) is 5.92 Å². The summed E-state index contributed by atoms with van der Waals surface area (Å²) in [6, 6.07) is 0. The molecule has 0 saturated carbocycles. The molecule has 1 saturated heterocycles. The highest BCUT2D eigenvalue weighted by molar-refractivity contribution is 5.49. The second-order valence-electron chi connectivity index (χ2n) is 2.27. The van der Waals surface area contributed by atoms with Crippen molar-refractivity contribution in [3.05, 3.63) is 0 Å². The van der Waals surface area contributed by atoms with E-state index in [2.05, 4.69) is 5.32 Å². The van der Waals surface area contributed by atoms with E-state index in [0.717, 1.165) is 38.1 Å². The summed E-state index contributed by atoms with van der Waals surface area (Å²) in [5.74, 6) is 0.792. The first-order chi connectivity index (χ1) is 3.93. The van der Waals surface area contributed by atoms with E-state index in [1.165, 1.54) is 0 Å². The molecule has 8 heavy (non-hydrogen) atoms. The predicted octanol–water partition coefficient (Wildman–Crippen LogP) is 0.185. The van der Waals surface area contributed by atoms with Crippen LogP contribution < -0.4 is 5.32 Å². The van der Waals surface area contributed by atoms with Gasteiger partial charge in [-0.25, -0.2) is 0 Å². The van der Waals surface area contributed by atoms with Gasteiger partial charge in [0, 0.05) is 6.42 Å². The van der Waals surface area contributed by atoms with Crippen molar-refractivity contribution < 1.29 is 4.79 Å². The minimum atomic E-state index is 0.742. The molecule has 0 aromatic rings. The van der Waals surface area contributed by atoms with Crippen molar-refractivity contribution >= 4 is 6.29 Å². The minimum absolute atomic E-state index is 0.742. The van der Waals surface area contributed by atoms with Gasteiger partial charge in [0.1, 0.15) is 6.29 Å². The molecule has 46 valence electrons. The zero-order chi connectivity index (χ0) is 5.82. The molecule has 2 heteroatoms. The number of aldehydes is 1. The first-order valence-corrected chi connectivity index (χ1v) is 3.08. The molecular formula is C6H11NO. The second-order valence-corrected chi connectivity index (χ2v) is 2.27. The van der Waals surface area contributed by atoms with Gasteiger partial charge in [-0.05, 0) is 25.4 Å². The number of carbonyl (C=O) groups excluding carboxylic acids is 1. The van der Waals surface area contributed by atoms with E-state index >= 15 is 0 Å². The van der Waals surface area contributed by atoms with Gasteiger partial charge in [0.15, 0.2) is 0 Å². The fraction of sp³-hybridized carbons (Fsp3) is 0.833. The van der Waals surface area contributed by atoms with Gasteiger partial charge in [-0.3, -0.25) is 0 Å². The second kappa shape index (κ2) is 2.82. The van der Waals surface area contributed by atoms with Gasteiger partial charge in [-0.1, -0.05) is 0 Å². The Balaban J connectivity index is 1.93. The van der Waals surface area contributed by atoms with Crippen LogP contribution in [0.15, 0.2) is 0 Å². The molecule has 1 heterocycles. The van der Waals surface area contributed by atoms with Gasteiger partial charge in [-0.2, -0.15) is 0 Å². The maximum Gasteiger partial charge on any atom is 0.120 e. The Labute approximate surface area is 49.3 Å². The maximum absolute atomic E-state index is 9.83. The number of hydrogen-bond donors (Lipinski definition) is 1. The summed E-state index contributed by atoms with van der Waals surface area (Å²) in [7, 11) is 0. The zero-order valence-corrected chi connectivity index (χ0v) is 4.89. The number of carbonyl (C=O) groups is 1. The number of hydrogen-bond acceptors (Lipinski definition) is 2. The van der Waals surface area contributed by atoms with Crippen molar-refractivity contribution in [2.45, 2.75) is 12.8 Å². The average Bonchev–Trinajstić information content (AvgIpc) is 1.63. The molecule has 0 aliphatic carbocycles. The van der Waals surface area contributed by atoms with E-state index in [1.807, 2.05) is 0 Å². The standard InChI is InChI=1S/C6H11NO/c8-3-1-2-6-4-7-5-6/h3,6-7H,1-2,4-5H2. The molecule has 0 bridgehead atoms. The third kappa shape index (κ3) is 1.30. The monoisotopic (exact) mass is 113 g/mol. The molecule has 2 nitrogen and oxygen atoms in total. The number of nitrogens with one attached hydrogen (secondary N) is 1. The fourth-order valence-corrected chi connectivity index (χ4v) is 0.856. The van der Waals surface area contributed by atoms with Crippen molar-refractivity contribution in [3.8, 4) is 0 Å². The Morgan fingerprint density at radius 3 is 2.75 bits per heavy atom. The molecule has 1 aliphatic rings. The van der Waals surface area contributed by atoms with Crippen LogP contribution in [0.3, 0.4) is 0 Å². The van der Waals surface area contributed by atoms with Crippen LogP contribution in [0.4, 0.5) is 0 Å². The summed E-state index contributed by atoms with van der Waals surface area (Å²) >= 11 is 0. The van der Waals surface area contributed by atoms with Gasteiger partial charge in [-0.15, -0.1) is 0 Å². The molecule has 1 aliphatic heterocycles. The van der Waals surface area contributed by atoms with Crippen LogP contribution in [-0.4, -0.2) is 19.4 Å². The molecule has 0 unspecified atom stereocenters. The first-order valence-electron chi connectivity index (χ1n) is 3.08. The molecule has 1 fully saturated rings. The van der Waals surface area contributed by atoms with Crippen molar-refractivity contribution in [3.63, 3.8) is 0 Å². The Kier molecular flexibility index (Phi) is 2.03. The fourth-order valence-electron chi connectivity index (χ4n) is 0.856. The van der Waals surface area contributed by atoms with Crippen LogP contribution in [0, 0.1) is 5.92 Å². The lowest BCUT2D eigenvalue weighted by atomic mass is 9.98. The summed E-state index contributed by atoms with van der Waals surface area (Å²) in [5, 5.41) is 3.15. The molecule has 1 rings (SSSR count). The summed E-state index contributed by atoms with van der Waals surface area (Å²) in [6.45, 7) is 2.24. The predicted molar refractivity (Wildman–Crippen MR) is 31.7 cm³/mol. The highest BCUT2D eigenvalue weighted by Crippen LogP contribution is 2.08. The Hall–Kier alpha value is -0.370. The van der Waals surface area contributed by atoms with Gasteiger partial charge >= 0.3 is 0 Å². The molecule has 0 spiro atoms. The van der Waals surface area contributed by atoms with Crippen molar-refractivity contribution in [2.75, 3.05) is 13.1 Å². The highest BCUT2D eigenvalue weighted by atomic mass is 16.1. The quantitative estimate of drug-likeness (QED) is 0.529. The summed E-state index contributed by atoms with van der Waals surface area (Å²) in [6.07, 6.45) is 2.82.